The summed E-state index contributed by atoms with van der Waals surface area (Å²) in [5.41, 5.74) is 4.83. The molecule has 2 heterocycles. The number of hydrogen-bond acceptors (Lipinski definition) is 4. The number of hydrogen-bond donors (Lipinski definition) is 1. The average Bonchev–Trinajstić information content (AvgIpc) is 3.72. The lowest BCUT2D eigenvalue weighted by Crippen LogP contribution is -2.33. The van der Waals surface area contributed by atoms with Crippen molar-refractivity contribution in [3.05, 3.63) is 63.7 Å². The lowest BCUT2D eigenvalue weighted by Gasteiger charge is -2.22. The fourth-order valence-corrected chi connectivity index (χ4v) is 7.75. The minimum atomic E-state index is -2.86. The Hall–Kier alpha value is -1.99. The molecule has 2 aliphatic carbocycles. The highest BCUT2D eigenvalue weighted by atomic mass is 79.9. The molecule has 2 bridgehead atoms. The lowest BCUT2D eigenvalue weighted by atomic mass is 9.87. The molecule has 1 aromatic rings. The molecule has 0 radical (unpaired) electrons. The van der Waals surface area contributed by atoms with Crippen LogP contribution in [0.2, 0.25) is 0 Å². The molecule has 7 heteroatoms. The molecule has 2 fully saturated rings. The number of amidine groups is 1. The highest BCUT2D eigenvalue weighted by molar-refractivity contribution is 9.12. The quantitative estimate of drug-likeness (QED) is 0.460. The topological polar surface area (TPSA) is 75.6 Å². The summed E-state index contributed by atoms with van der Waals surface area (Å²) in [4.78, 5) is 17.3. The van der Waals surface area contributed by atoms with Gasteiger partial charge in [0.05, 0.1) is 16.0 Å². The summed E-state index contributed by atoms with van der Waals surface area (Å²) in [5.74, 6) is 2.52. The number of carbonyl (C=O) groups excluding carboxylic acids is 1. The van der Waals surface area contributed by atoms with E-state index in [4.69, 9.17) is 4.99 Å². The van der Waals surface area contributed by atoms with E-state index < -0.39 is 9.84 Å². The molecule has 5 nitrogen and oxygen atoms in total. The van der Waals surface area contributed by atoms with Gasteiger partial charge in [0.15, 0.2) is 0 Å². The van der Waals surface area contributed by atoms with Crippen molar-refractivity contribution in [1.29, 1.82) is 0 Å². The highest BCUT2D eigenvalue weighted by Crippen LogP contribution is 2.38. The fraction of sp³-hybridized carbons (Fsp3) is 0.533. The minimum absolute atomic E-state index is 0.0811. The first kappa shape index (κ1) is 26.6. The molecule has 1 saturated carbocycles. The van der Waals surface area contributed by atoms with Crippen LogP contribution >= 0.6 is 15.9 Å². The van der Waals surface area contributed by atoms with E-state index in [-0.39, 0.29) is 11.8 Å². The molecule has 5 rings (SSSR count). The molecular formula is C30H37BrN2O3S. The highest BCUT2D eigenvalue weighted by Gasteiger charge is 2.32. The standard InChI is InChI=1S/C30H37BrN2O3S/c31-28-27-20-22(15-16-32-29(28)33-30(34)25-13-14-25)6-3-8-26(27)24-11-9-23(10-12-24)19-21-5-1-2-17-37(35,36)18-4-7-21/h3,6,8-12,21-22,25H,1-2,4-5,7,13-20H2,(H,32,33,34). The smallest absolute Gasteiger partial charge is 0.228 e. The van der Waals surface area contributed by atoms with Gasteiger partial charge in [0.2, 0.25) is 5.91 Å². The Bertz CT molecular complexity index is 1240. The largest absolute Gasteiger partial charge is 0.310 e. The van der Waals surface area contributed by atoms with Crippen LogP contribution < -0.4 is 5.32 Å². The van der Waals surface area contributed by atoms with Crippen LogP contribution in [0.5, 0.6) is 0 Å². The second-order valence-corrected chi connectivity index (χ2v) is 14.2. The molecule has 1 N–H and O–H groups in total. The number of sulfone groups is 1. The first-order valence-corrected chi connectivity index (χ1v) is 16.4. The van der Waals surface area contributed by atoms with Gasteiger partial charge in [-0.3, -0.25) is 9.79 Å². The van der Waals surface area contributed by atoms with Crippen molar-refractivity contribution in [3.63, 3.8) is 0 Å². The van der Waals surface area contributed by atoms with Gasteiger partial charge in [0.25, 0.3) is 0 Å². The van der Waals surface area contributed by atoms with Crippen molar-refractivity contribution in [1.82, 2.24) is 5.32 Å². The summed E-state index contributed by atoms with van der Waals surface area (Å²) >= 11 is 3.83. The second-order valence-electron chi connectivity index (χ2n) is 11.1. The normalized spacial score (nSPS) is 26.4. The molecule has 0 spiro atoms. The fourth-order valence-electron chi connectivity index (χ4n) is 5.69. The van der Waals surface area contributed by atoms with Crippen molar-refractivity contribution >= 4 is 43.1 Å². The van der Waals surface area contributed by atoms with Gasteiger partial charge >= 0.3 is 0 Å². The van der Waals surface area contributed by atoms with Gasteiger partial charge in [-0.25, -0.2) is 8.42 Å². The predicted octanol–water partition coefficient (Wildman–Crippen LogP) is 6.16. The molecule has 2 unspecified atom stereocenters. The van der Waals surface area contributed by atoms with Crippen molar-refractivity contribution in [2.45, 2.75) is 64.2 Å². The van der Waals surface area contributed by atoms with Gasteiger partial charge in [-0.1, -0.05) is 55.3 Å². The summed E-state index contributed by atoms with van der Waals surface area (Å²) in [6.07, 6.45) is 16.1. The van der Waals surface area contributed by atoms with E-state index in [1.54, 1.807) is 0 Å². The van der Waals surface area contributed by atoms with Crippen molar-refractivity contribution in [3.8, 4) is 0 Å². The first-order chi connectivity index (χ1) is 17.9. The van der Waals surface area contributed by atoms with Crippen molar-refractivity contribution in [2.75, 3.05) is 18.1 Å². The SMILES string of the molecule is O=C(NC1=NCCC2C=CC=C(c3ccc(CC4CCCCS(=O)(=O)CCC4)cc3)C(=C1Br)C2)C1CC1. The molecule has 1 aromatic carbocycles. The number of amides is 1. The maximum atomic E-state index is 12.5. The number of carbonyl (C=O) groups is 1. The molecule has 1 amide bonds. The predicted molar refractivity (Wildman–Crippen MR) is 154 cm³/mol. The van der Waals surface area contributed by atoms with Crippen LogP contribution in [0.3, 0.4) is 0 Å². The molecule has 1 saturated heterocycles. The zero-order chi connectivity index (χ0) is 25.8. The van der Waals surface area contributed by atoms with Crippen LogP contribution in [0.25, 0.3) is 5.57 Å². The van der Waals surface area contributed by atoms with Crippen LogP contribution in [0.1, 0.15) is 68.9 Å². The van der Waals surface area contributed by atoms with Crippen LogP contribution in [-0.2, 0) is 21.1 Å². The number of fused-ring (bicyclic) bond motifs is 2. The van der Waals surface area contributed by atoms with Gasteiger partial charge in [-0.05, 0) is 101 Å². The number of benzene rings is 1. The van der Waals surface area contributed by atoms with Gasteiger partial charge < -0.3 is 5.32 Å². The summed E-state index contributed by atoms with van der Waals surface area (Å²) in [6, 6.07) is 8.88. The number of allylic oxidation sites excluding steroid dienone is 5. The van der Waals surface area contributed by atoms with Crippen LogP contribution in [0.15, 0.2) is 57.5 Å². The number of nitrogens with zero attached hydrogens (tertiary/aromatic N) is 1. The molecule has 37 heavy (non-hydrogen) atoms. The van der Waals surface area contributed by atoms with Crippen LogP contribution in [-0.4, -0.2) is 38.2 Å². The molecule has 0 aromatic heterocycles. The summed E-state index contributed by atoms with van der Waals surface area (Å²) in [6.45, 7) is 0.703. The Morgan fingerprint density at radius 1 is 1.00 bits per heavy atom. The van der Waals surface area contributed by atoms with Gasteiger partial charge in [-0.2, -0.15) is 0 Å². The van der Waals surface area contributed by atoms with Gasteiger partial charge in [0, 0.05) is 12.5 Å². The number of halogens is 1. The zero-order valence-corrected chi connectivity index (χ0v) is 23.8. The number of rotatable bonds is 4. The summed E-state index contributed by atoms with van der Waals surface area (Å²) in [5, 5.41) is 3.09. The Morgan fingerprint density at radius 2 is 1.76 bits per heavy atom. The second kappa shape index (κ2) is 11.8. The maximum Gasteiger partial charge on any atom is 0.228 e. The molecule has 198 valence electrons. The lowest BCUT2D eigenvalue weighted by molar-refractivity contribution is -0.120. The first-order valence-electron chi connectivity index (χ1n) is 13.8. The van der Waals surface area contributed by atoms with Gasteiger partial charge in [-0.15, -0.1) is 0 Å². The zero-order valence-electron chi connectivity index (χ0n) is 21.4. The average molecular weight is 586 g/mol. The minimum Gasteiger partial charge on any atom is -0.310 e. The monoisotopic (exact) mass is 584 g/mol. The molecule has 2 aliphatic heterocycles. The van der Waals surface area contributed by atoms with Crippen molar-refractivity contribution < 1.29 is 13.2 Å². The van der Waals surface area contributed by atoms with E-state index >= 15 is 0 Å². The number of aliphatic imine (C=N–C) groups is 1. The Morgan fingerprint density at radius 3 is 2.54 bits per heavy atom. The third-order valence-electron chi connectivity index (χ3n) is 8.04. The van der Waals surface area contributed by atoms with Crippen LogP contribution in [0.4, 0.5) is 0 Å². The summed E-state index contributed by atoms with van der Waals surface area (Å²) in [7, 11) is -2.86. The van der Waals surface area contributed by atoms with Gasteiger partial charge in [0.1, 0.15) is 15.7 Å². The number of nitrogens with one attached hydrogen (secondary N) is 1. The van der Waals surface area contributed by atoms with Crippen LogP contribution in [0, 0.1) is 17.8 Å². The Kier molecular flexibility index (Phi) is 8.50. The molecule has 4 aliphatic rings. The summed E-state index contributed by atoms with van der Waals surface area (Å²) < 4.78 is 25.0. The molecular weight excluding hydrogens is 548 g/mol. The third-order valence-corrected chi connectivity index (χ3v) is 10.7. The van der Waals surface area contributed by atoms with E-state index in [0.717, 1.165) is 74.3 Å². The Balaban J connectivity index is 1.33. The maximum absolute atomic E-state index is 12.5. The van der Waals surface area contributed by atoms with E-state index in [2.05, 4.69) is 63.7 Å². The Labute approximate surface area is 229 Å². The van der Waals surface area contributed by atoms with E-state index in [0.29, 0.717) is 35.7 Å². The van der Waals surface area contributed by atoms with E-state index in [9.17, 15) is 13.2 Å². The van der Waals surface area contributed by atoms with E-state index in [1.165, 1.54) is 16.7 Å². The van der Waals surface area contributed by atoms with Crippen molar-refractivity contribution in [2.24, 2.45) is 22.7 Å². The van der Waals surface area contributed by atoms with E-state index in [1.807, 2.05) is 0 Å². The third kappa shape index (κ3) is 7.11. The molecule has 2 atom stereocenters.